The van der Waals surface area contributed by atoms with Gasteiger partial charge in [-0.25, -0.2) is 4.79 Å². The summed E-state index contributed by atoms with van der Waals surface area (Å²) < 4.78 is 9.58. The summed E-state index contributed by atoms with van der Waals surface area (Å²) in [6.45, 7) is 7.62. The van der Waals surface area contributed by atoms with E-state index in [0.29, 0.717) is 0 Å². The van der Waals surface area contributed by atoms with E-state index >= 15 is 0 Å². The Bertz CT molecular complexity index is 454. The quantitative estimate of drug-likeness (QED) is 0.765. The number of carbonyl (C=O) groups is 2. The van der Waals surface area contributed by atoms with Crippen LogP contribution in [0.5, 0.6) is 0 Å². The molecule has 0 fully saturated rings. The van der Waals surface area contributed by atoms with Gasteiger partial charge < -0.3 is 9.47 Å². The fraction of sp³-hybridized carbons (Fsp3) is 0.467. The first-order valence-electron chi connectivity index (χ1n) is 6.32. The first-order valence-corrected chi connectivity index (χ1v) is 6.32. The lowest BCUT2D eigenvalue weighted by molar-refractivity contribution is -0.158. The van der Waals surface area contributed by atoms with Crippen molar-refractivity contribution >= 4 is 11.9 Å². The molecule has 104 valence electrons. The van der Waals surface area contributed by atoms with Crippen molar-refractivity contribution in [1.82, 2.24) is 0 Å². The van der Waals surface area contributed by atoms with Gasteiger partial charge in [-0.2, -0.15) is 0 Å². The fourth-order valence-corrected chi connectivity index (χ4v) is 2.03. The highest BCUT2D eigenvalue weighted by Crippen LogP contribution is 2.17. The van der Waals surface area contributed by atoms with Gasteiger partial charge in [0.2, 0.25) is 0 Å². The smallest absolute Gasteiger partial charge is 0.344 e. The molecule has 0 N–H and O–H groups in total. The highest BCUT2D eigenvalue weighted by atomic mass is 16.6. The average molecular weight is 264 g/mol. The number of benzene rings is 1. The molecule has 19 heavy (non-hydrogen) atoms. The van der Waals surface area contributed by atoms with Crippen molar-refractivity contribution in [3.63, 3.8) is 0 Å². The van der Waals surface area contributed by atoms with Crippen LogP contribution in [0.1, 0.15) is 29.2 Å². The summed E-state index contributed by atoms with van der Waals surface area (Å²) in [5.74, 6) is -0.934. The molecule has 0 radical (unpaired) electrons. The van der Waals surface area contributed by atoms with E-state index in [1.165, 1.54) is 5.56 Å². The summed E-state index contributed by atoms with van der Waals surface area (Å²) >= 11 is 0. The van der Waals surface area contributed by atoms with Crippen LogP contribution in [0.3, 0.4) is 0 Å². The van der Waals surface area contributed by atoms with E-state index in [1.54, 1.807) is 6.92 Å². The van der Waals surface area contributed by atoms with Crippen LogP contribution in [0.25, 0.3) is 0 Å². The predicted octanol–water partition coefficient (Wildman–Crippen LogP) is 2.26. The lowest BCUT2D eigenvalue weighted by Gasteiger charge is -2.11. The number of aryl methyl sites for hydroxylation is 3. The molecular formula is C15H20O4. The number of ether oxygens (including phenoxy) is 2. The molecule has 0 aliphatic carbocycles. The topological polar surface area (TPSA) is 52.6 Å². The Morgan fingerprint density at radius 3 is 2.11 bits per heavy atom. The van der Waals surface area contributed by atoms with Gasteiger partial charge in [-0.15, -0.1) is 0 Å². The third kappa shape index (κ3) is 4.73. The summed E-state index contributed by atoms with van der Waals surface area (Å²) in [4.78, 5) is 22.8. The Morgan fingerprint density at radius 2 is 1.58 bits per heavy atom. The van der Waals surface area contributed by atoms with Gasteiger partial charge in [0, 0.05) is 0 Å². The van der Waals surface area contributed by atoms with E-state index in [2.05, 4.69) is 4.74 Å². The van der Waals surface area contributed by atoms with E-state index in [0.717, 1.165) is 16.7 Å². The maximum atomic E-state index is 11.7. The molecule has 0 atom stereocenters. The van der Waals surface area contributed by atoms with Crippen molar-refractivity contribution < 1.29 is 19.1 Å². The standard InChI is InChI=1S/C15H20O4/c1-5-18-15(17)9-19-14(16)8-13-11(3)6-10(2)7-12(13)4/h6-7H,5,8-9H2,1-4H3. The highest BCUT2D eigenvalue weighted by molar-refractivity contribution is 5.78. The molecule has 0 aliphatic heterocycles. The van der Waals surface area contributed by atoms with Gasteiger partial charge >= 0.3 is 11.9 Å². The number of carbonyl (C=O) groups excluding carboxylic acids is 2. The zero-order chi connectivity index (χ0) is 14.4. The first-order chi connectivity index (χ1) is 8.93. The third-order valence-corrected chi connectivity index (χ3v) is 2.82. The molecule has 0 saturated carbocycles. The SMILES string of the molecule is CCOC(=O)COC(=O)Cc1c(C)cc(C)cc1C. The zero-order valence-corrected chi connectivity index (χ0v) is 11.9. The normalized spacial score (nSPS) is 10.1. The zero-order valence-electron chi connectivity index (χ0n) is 11.9. The van der Waals surface area contributed by atoms with Gasteiger partial charge in [-0.05, 0) is 44.4 Å². The molecule has 0 saturated heterocycles. The van der Waals surface area contributed by atoms with Crippen LogP contribution in [0, 0.1) is 20.8 Å². The Balaban J connectivity index is 2.60. The second kappa shape index (κ2) is 6.92. The van der Waals surface area contributed by atoms with Crippen LogP contribution in [-0.2, 0) is 25.5 Å². The van der Waals surface area contributed by atoms with Crippen molar-refractivity contribution in [1.29, 1.82) is 0 Å². The van der Waals surface area contributed by atoms with E-state index in [1.807, 2.05) is 32.9 Å². The molecule has 0 bridgehead atoms. The molecule has 1 aromatic carbocycles. The monoisotopic (exact) mass is 264 g/mol. The largest absolute Gasteiger partial charge is 0.463 e. The molecular weight excluding hydrogens is 244 g/mol. The summed E-state index contributed by atoms with van der Waals surface area (Å²) in [5.41, 5.74) is 4.24. The molecule has 1 rings (SSSR count). The number of hydrogen-bond donors (Lipinski definition) is 0. The van der Waals surface area contributed by atoms with Gasteiger partial charge in [0.1, 0.15) is 0 Å². The molecule has 4 heteroatoms. The Kier molecular flexibility index (Phi) is 5.55. The molecule has 4 nitrogen and oxygen atoms in total. The van der Waals surface area contributed by atoms with Crippen LogP contribution < -0.4 is 0 Å². The summed E-state index contributed by atoms with van der Waals surface area (Å²) in [6.07, 6.45) is 0.178. The van der Waals surface area contributed by atoms with Crippen molar-refractivity contribution in [2.75, 3.05) is 13.2 Å². The van der Waals surface area contributed by atoms with Gasteiger partial charge in [0.15, 0.2) is 6.61 Å². The third-order valence-electron chi connectivity index (χ3n) is 2.82. The van der Waals surface area contributed by atoms with E-state index < -0.39 is 11.9 Å². The van der Waals surface area contributed by atoms with Gasteiger partial charge in [0.05, 0.1) is 13.0 Å². The van der Waals surface area contributed by atoms with E-state index in [4.69, 9.17) is 4.74 Å². The number of esters is 2. The maximum Gasteiger partial charge on any atom is 0.344 e. The Morgan fingerprint density at radius 1 is 1.00 bits per heavy atom. The van der Waals surface area contributed by atoms with Gasteiger partial charge in [0.25, 0.3) is 0 Å². The summed E-state index contributed by atoms with van der Waals surface area (Å²) in [6, 6.07) is 4.06. The van der Waals surface area contributed by atoms with E-state index in [-0.39, 0.29) is 19.6 Å². The lowest BCUT2D eigenvalue weighted by atomic mass is 9.97. The second-order valence-electron chi connectivity index (χ2n) is 4.52. The summed E-state index contributed by atoms with van der Waals surface area (Å²) in [5, 5.41) is 0. The molecule has 0 aliphatic rings. The van der Waals surface area contributed by atoms with Crippen LogP contribution in [0.2, 0.25) is 0 Å². The van der Waals surface area contributed by atoms with E-state index in [9.17, 15) is 9.59 Å². The van der Waals surface area contributed by atoms with Crippen LogP contribution in [0.4, 0.5) is 0 Å². The van der Waals surface area contributed by atoms with Crippen molar-refractivity contribution in [3.05, 3.63) is 34.4 Å². The average Bonchev–Trinajstić information content (AvgIpc) is 2.31. The van der Waals surface area contributed by atoms with Crippen LogP contribution in [-0.4, -0.2) is 25.2 Å². The van der Waals surface area contributed by atoms with Crippen molar-refractivity contribution in [2.24, 2.45) is 0 Å². The first kappa shape index (κ1) is 15.2. The molecule has 0 unspecified atom stereocenters. The fourth-order valence-electron chi connectivity index (χ4n) is 2.03. The molecule has 0 amide bonds. The van der Waals surface area contributed by atoms with Crippen molar-refractivity contribution in [2.45, 2.75) is 34.1 Å². The molecule has 1 aromatic rings. The highest BCUT2D eigenvalue weighted by Gasteiger charge is 2.12. The maximum absolute atomic E-state index is 11.7. The lowest BCUT2D eigenvalue weighted by Crippen LogP contribution is -2.18. The predicted molar refractivity (Wildman–Crippen MR) is 71.9 cm³/mol. The van der Waals surface area contributed by atoms with Crippen molar-refractivity contribution in [3.8, 4) is 0 Å². The van der Waals surface area contributed by atoms with Crippen LogP contribution in [0.15, 0.2) is 12.1 Å². The van der Waals surface area contributed by atoms with Gasteiger partial charge in [-0.3, -0.25) is 4.79 Å². The molecule has 0 spiro atoms. The minimum Gasteiger partial charge on any atom is -0.463 e. The minimum atomic E-state index is -0.520. The number of rotatable bonds is 5. The molecule has 0 aromatic heterocycles. The Labute approximate surface area is 113 Å². The van der Waals surface area contributed by atoms with Crippen LogP contribution >= 0.6 is 0 Å². The Hall–Kier alpha value is -1.84. The summed E-state index contributed by atoms with van der Waals surface area (Å²) in [7, 11) is 0. The van der Waals surface area contributed by atoms with Gasteiger partial charge in [-0.1, -0.05) is 17.7 Å². The minimum absolute atomic E-state index is 0.178. The number of hydrogen-bond acceptors (Lipinski definition) is 4. The molecule has 0 heterocycles. The second-order valence-corrected chi connectivity index (χ2v) is 4.52.